The standard InChI is InChI=1S/C17H12F4N4O3/c18-9-1-3-10(4-2-9)23-15(27)14-13(26)8-25(24-16(14)28)12-7-22-6-5-11(12)17(19,20)21/h1-7,26H,8H2,(H,23,27)(H,24,28). The van der Waals surface area contributed by atoms with Crippen LogP contribution in [0.4, 0.5) is 28.9 Å². The molecule has 1 aliphatic rings. The Balaban J connectivity index is 1.85. The van der Waals surface area contributed by atoms with Crippen LogP contribution in [0.1, 0.15) is 5.56 Å². The van der Waals surface area contributed by atoms with Crippen LogP contribution in [0.3, 0.4) is 0 Å². The molecule has 2 aromatic rings. The van der Waals surface area contributed by atoms with Crippen LogP contribution in [0.2, 0.25) is 0 Å². The summed E-state index contributed by atoms with van der Waals surface area (Å²) >= 11 is 0. The second-order valence-corrected chi connectivity index (χ2v) is 5.70. The summed E-state index contributed by atoms with van der Waals surface area (Å²) in [5, 5.41) is 13.1. The number of aromatic nitrogens is 1. The highest BCUT2D eigenvalue weighted by Gasteiger charge is 2.38. The lowest BCUT2D eigenvalue weighted by molar-refractivity contribution is -0.137. The number of hydrogen-bond acceptors (Lipinski definition) is 5. The maximum Gasteiger partial charge on any atom is 0.418 e. The van der Waals surface area contributed by atoms with Gasteiger partial charge in [-0.3, -0.25) is 25.0 Å². The summed E-state index contributed by atoms with van der Waals surface area (Å²) < 4.78 is 52.3. The second-order valence-electron chi connectivity index (χ2n) is 5.70. The number of carbonyl (C=O) groups is 2. The van der Waals surface area contributed by atoms with Crippen LogP contribution in [-0.4, -0.2) is 28.4 Å². The molecular formula is C17H12F4N4O3. The summed E-state index contributed by atoms with van der Waals surface area (Å²) in [5.74, 6) is -3.38. The van der Waals surface area contributed by atoms with Gasteiger partial charge in [-0.15, -0.1) is 0 Å². The molecule has 11 heteroatoms. The Bertz CT molecular complexity index is 958. The molecule has 0 bridgehead atoms. The van der Waals surface area contributed by atoms with Crippen molar-refractivity contribution in [1.82, 2.24) is 10.4 Å². The number of nitrogens with one attached hydrogen (secondary N) is 2. The first-order chi connectivity index (χ1) is 13.2. The van der Waals surface area contributed by atoms with Crippen LogP contribution in [-0.2, 0) is 15.8 Å². The van der Waals surface area contributed by atoms with Gasteiger partial charge in [0.2, 0.25) is 0 Å². The largest absolute Gasteiger partial charge is 0.509 e. The third kappa shape index (κ3) is 3.87. The summed E-state index contributed by atoms with van der Waals surface area (Å²) in [6.45, 7) is -0.591. The first-order valence-electron chi connectivity index (χ1n) is 7.75. The van der Waals surface area contributed by atoms with E-state index in [1.807, 2.05) is 0 Å². The third-order valence-electron chi connectivity index (χ3n) is 3.79. The fraction of sp³-hybridized carbons (Fsp3) is 0.118. The van der Waals surface area contributed by atoms with Crippen LogP contribution in [0.25, 0.3) is 0 Å². The van der Waals surface area contributed by atoms with Crippen LogP contribution < -0.4 is 15.8 Å². The number of nitrogens with zero attached hydrogens (tertiary/aromatic N) is 2. The number of aliphatic hydroxyl groups is 1. The molecule has 1 aromatic carbocycles. The summed E-state index contributed by atoms with van der Waals surface area (Å²) in [7, 11) is 0. The minimum Gasteiger partial charge on any atom is -0.509 e. The van der Waals surface area contributed by atoms with Gasteiger partial charge in [0.15, 0.2) is 0 Å². The normalized spacial score (nSPS) is 14.7. The van der Waals surface area contributed by atoms with E-state index in [1.165, 1.54) is 12.1 Å². The number of rotatable bonds is 3. The molecule has 0 radical (unpaired) electrons. The van der Waals surface area contributed by atoms with Gasteiger partial charge >= 0.3 is 6.18 Å². The van der Waals surface area contributed by atoms with Gasteiger partial charge < -0.3 is 10.4 Å². The number of alkyl halides is 3. The average molecular weight is 396 g/mol. The van der Waals surface area contributed by atoms with Crippen molar-refractivity contribution in [2.75, 3.05) is 16.9 Å². The fourth-order valence-corrected chi connectivity index (χ4v) is 2.53. The number of pyridine rings is 1. The van der Waals surface area contributed by atoms with Crippen molar-refractivity contribution in [1.29, 1.82) is 0 Å². The number of halogens is 4. The quantitative estimate of drug-likeness (QED) is 0.548. The maximum absolute atomic E-state index is 13.1. The molecule has 146 valence electrons. The highest BCUT2D eigenvalue weighted by atomic mass is 19.4. The van der Waals surface area contributed by atoms with Crippen molar-refractivity contribution in [3.63, 3.8) is 0 Å². The molecule has 0 fully saturated rings. The predicted octanol–water partition coefficient (Wildman–Crippen LogP) is 2.54. The number of carbonyl (C=O) groups excluding carboxylic acids is 2. The molecule has 0 saturated heterocycles. The van der Waals surface area contributed by atoms with Crippen LogP contribution in [0.5, 0.6) is 0 Å². The van der Waals surface area contributed by atoms with Gasteiger partial charge in [0, 0.05) is 11.9 Å². The maximum atomic E-state index is 13.1. The van der Waals surface area contributed by atoms with Crippen molar-refractivity contribution in [3.8, 4) is 0 Å². The van der Waals surface area contributed by atoms with E-state index in [4.69, 9.17) is 0 Å². The Hall–Kier alpha value is -3.63. The molecule has 0 spiro atoms. The summed E-state index contributed by atoms with van der Waals surface area (Å²) in [6, 6.07) is 5.35. The van der Waals surface area contributed by atoms with Crippen LogP contribution in [0, 0.1) is 5.82 Å². The van der Waals surface area contributed by atoms with E-state index in [0.29, 0.717) is 0 Å². The van der Waals surface area contributed by atoms with Gasteiger partial charge in [0.1, 0.15) is 17.1 Å². The average Bonchev–Trinajstić information content (AvgIpc) is 2.62. The minimum absolute atomic E-state index is 0.161. The number of hydrazine groups is 1. The zero-order valence-corrected chi connectivity index (χ0v) is 13.9. The Morgan fingerprint density at radius 2 is 1.89 bits per heavy atom. The van der Waals surface area contributed by atoms with Gasteiger partial charge in [0.25, 0.3) is 11.8 Å². The summed E-state index contributed by atoms with van der Waals surface area (Å²) in [5.41, 5.74) is 0.0424. The smallest absolute Gasteiger partial charge is 0.418 e. The molecule has 7 nitrogen and oxygen atoms in total. The van der Waals surface area contributed by atoms with E-state index in [9.17, 15) is 32.3 Å². The first-order valence-corrected chi connectivity index (χ1v) is 7.75. The molecule has 3 N–H and O–H groups in total. The summed E-state index contributed by atoms with van der Waals surface area (Å²) in [6.07, 6.45) is -2.90. The highest BCUT2D eigenvalue weighted by molar-refractivity contribution is 6.23. The number of amides is 2. The van der Waals surface area contributed by atoms with E-state index in [1.54, 1.807) is 0 Å². The molecule has 0 aliphatic carbocycles. The molecule has 1 aliphatic heterocycles. The summed E-state index contributed by atoms with van der Waals surface area (Å²) in [4.78, 5) is 28.1. The van der Waals surface area contributed by atoms with Gasteiger partial charge in [0.05, 0.1) is 24.0 Å². The van der Waals surface area contributed by atoms with Gasteiger partial charge in [-0.1, -0.05) is 0 Å². The predicted molar refractivity (Wildman–Crippen MR) is 89.4 cm³/mol. The van der Waals surface area contributed by atoms with E-state index in [0.717, 1.165) is 35.6 Å². The Kier molecular flexibility index (Phi) is 4.91. The van der Waals surface area contributed by atoms with E-state index < -0.39 is 52.9 Å². The molecule has 3 rings (SSSR count). The first kappa shape index (κ1) is 19.1. The van der Waals surface area contributed by atoms with Crippen molar-refractivity contribution >= 4 is 23.2 Å². The van der Waals surface area contributed by atoms with Gasteiger partial charge in [-0.05, 0) is 30.3 Å². The zero-order valence-electron chi connectivity index (χ0n) is 13.9. The lowest BCUT2D eigenvalue weighted by atomic mass is 10.1. The van der Waals surface area contributed by atoms with Crippen LogP contribution in [0.15, 0.2) is 54.1 Å². The fourth-order valence-electron chi connectivity index (χ4n) is 2.53. The monoisotopic (exact) mass is 396 g/mol. The molecule has 0 atom stereocenters. The Labute approximate surface area is 155 Å². The number of benzene rings is 1. The Morgan fingerprint density at radius 1 is 1.21 bits per heavy atom. The number of hydrogen-bond donors (Lipinski definition) is 3. The third-order valence-corrected chi connectivity index (χ3v) is 3.79. The van der Waals surface area contributed by atoms with Crippen molar-refractivity contribution in [3.05, 3.63) is 65.4 Å². The SMILES string of the molecule is O=C(Nc1ccc(F)cc1)C1=C(O)CN(c2cnccc2C(F)(F)F)NC1=O. The number of anilines is 2. The minimum atomic E-state index is -4.72. The molecule has 1 aromatic heterocycles. The molecule has 0 saturated carbocycles. The van der Waals surface area contributed by atoms with E-state index in [-0.39, 0.29) is 5.69 Å². The Morgan fingerprint density at radius 3 is 2.50 bits per heavy atom. The number of aliphatic hydroxyl groups excluding tert-OH is 1. The molecule has 0 unspecified atom stereocenters. The van der Waals surface area contributed by atoms with Crippen molar-refractivity contribution in [2.24, 2.45) is 0 Å². The lowest BCUT2D eigenvalue weighted by Gasteiger charge is -2.31. The topological polar surface area (TPSA) is 94.6 Å². The van der Waals surface area contributed by atoms with Crippen LogP contribution >= 0.6 is 0 Å². The molecule has 2 heterocycles. The van der Waals surface area contributed by atoms with Gasteiger partial charge in [-0.25, -0.2) is 4.39 Å². The van der Waals surface area contributed by atoms with E-state index in [2.05, 4.69) is 15.7 Å². The second kappa shape index (κ2) is 7.18. The molecular weight excluding hydrogens is 384 g/mol. The van der Waals surface area contributed by atoms with Crippen molar-refractivity contribution in [2.45, 2.75) is 6.18 Å². The highest BCUT2D eigenvalue weighted by Crippen LogP contribution is 2.36. The van der Waals surface area contributed by atoms with Crippen molar-refractivity contribution < 1.29 is 32.3 Å². The van der Waals surface area contributed by atoms with Gasteiger partial charge in [-0.2, -0.15) is 13.2 Å². The lowest BCUT2D eigenvalue weighted by Crippen LogP contribution is -2.51. The molecule has 2 amide bonds. The zero-order chi connectivity index (χ0) is 20.5. The van der Waals surface area contributed by atoms with E-state index >= 15 is 0 Å². The molecule has 28 heavy (non-hydrogen) atoms.